The molecule has 1 amide bonds. The van der Waals surface area contributed by atoms with Gasteiger partial charge in [-0.2, -0.15) is 0 Å². The van der Waals surface area contributed by atoms with E-state index < -0.39 is 0 Å². The Hall–Kier alpha value is -0.280. The van der Waals surface area contributed by atoms with Gasteiger partial charge in [0.1, 0.15) is 0 Å². The number of hydrogen-bond acceptors (Lipinski definition) is 2. The maximum absolute atomic E-state index is 11.6. The van der Waals surface area contributed by atoms with Crippen LogP contribution in [0, 0.1) is 17.8 Å². The Bertz CT molecular complexity index is 258. The molecular weight excluding hydrogens is 224 g/mol. The molecule has 0 aromatic heterocycles. The van der Waals surface area contributed by atoms with Crippen molar-refractivity contribution in [2.75, 3.05) is 13.1 Å². The van der Waals surface area contributed by atoms with E-state index in [2.05, 4.69) is 10.6 Å². The number of nitrogens with one attached hydrogen (secondary N) is 2. The Labute approximate surface area is 103 Å². The van der Waals surface area contributed by atoms with Crippen molar-refractivity contribution in [2.45, 2.75) is 38.1 Å². The minimum Gasteiger partial charge on any atom is -0.353 e. The molecule has 0 spiro atoms. The molecule has 92 valence electrons. The van der Waals surface area contributed by atoms with E-state index in [0.29, 0.717) is 11.9 Å². The highest BCUT2D eigenvalue weighted by molar-refractivity contribution is 5.85. The highest BCUT2D eigenvalue weighted by Crippen LogP contribution is 2.41. The van der Waals surface area contributed by atoms with Crippen LogP contribution in [0.4, 0.5) is 0 Å². The van der Waals surface area contributed by atoms with Crippen LogP contribution < -0.4 is 10.6 Å². The topological polar surface area (TPSA) is 41.1 Å². The van der Waals surface area contributed by atoms with Crippen LogP contribution in [0.2, 0.25) is 0 Å². The fourth-order valence-electron chi connectivity index (χ4n) is 3.01. The largest absolute Gasteiger partial charge is 0.353 e. The summed E-state index contributed by atoms with van der Waals surface area (Å²) in [7, 11) is 0. The van der Waals surface area contributed by atoms with E-state index in [1.165, 1.54) is 19.3 Å². The third-order valence-corrected chi connectivity index (χ3v) is 4.42. The van der Waals surface area contributed by atoms with Crippen molar-refractivity contribution in [1.29, 1.82) is 0 Å². The summed E-state index contributed by atoms with van der Waals surface area (Å²) in [6, 6.07) is 0.514. The molecule has 2 unspecified atom stereocenters. The van der Waals surface area contributed by atoms with Gasteiger partial charge in [0.05, 0.1) is 0 Å². The molecule has 1 aliphatic heterocycles. The van der Waals surface area contributed by atoms with Crippen molar-refractivity contribution in [3.05, 3.63) is 0 Å². The van der Waals surface area contributed by atoms with E-state index in [9.17, 15) is 4.79 Å². The Morgan fingerprint density at radius 1 is 1.25 bits per heavy atom. The molecule has 16 heavy (non-hydrogen) atoms. The van der Waals surface area contributed by atoms with Gasteiger partial charge in [-0.05, 0) is 24.2 Å². The maximum atomic E-state index is 11.6. The first-order chi connectivity index (χ1) is 7.34. The molecule has 0 aromatic rings. The van der Waals surface area contributed by atoms with Gasteiger partial charge in [-0.15, -0.1) is 12.4 Å². The summed E-state index contributed by atoms with van der Waals surface area (Å²) >= 11 is 0. The van der Waals surface area contributed by atoms with E-state index >= 15 is 0 Å². The van der Waals surface area contributed by atoms with Gasteiger partial charge in [-0.25, -0.2) is 0 Å². The molecule has 2 aliphatic carbocycles. The van der Waals surface area contributed by atoms with E-state index in [1.54, 1.807) is 0 Å². The highest BCUT2D eigenvalue weighted by Gasteiger charge is 2.53. The predicted molar refractivity (Wildman–Crippen MR) is 65.6 cm³/mol. The summed E-state index contributed by atoms with van der Waals surface area (Å²) in [6.45, 7) is 2.22. The predicted octanol–water partition coefficient (Wildman–Crippen LogP) is 1.32. The number of piperidine rings is 1. The number of rotatable bonds is 4. The van der Waals surface area contributed by atoms with Crippen LogP contribution in [0.3, 0.4) is 0 Å². The van der Waals surface area contributed by atoms with Gasteiger partial charge in [0.15, 0.2) is 0 Å². The Kier molecular flexibility index (Phi) is 3.75. The first-order valence-corrected chi connectivity index (χ1v) is 6.34. The van der Waals surface area contributed by atoms with Crippen LogP contribution in [0.1, 0.15) is 32.1 Å². The van der Waals surface area contributed by atoms with E-state index in [0.717, 1.165) is 43.7 Å². The smallest absolute Gasteiger partial charge is 0.220 e. The molecule has 3 aliphatic rings. The second-order valence-corrected chi connectivity index (χ2v) is 5.41. The molecular formula is C12H21ClN2O. The van der Waals surface area contributed by atoms with Gasteiger partial charge >= 0.3 is 0 Å². The van der Waals surface area contributed by atoms with Crippen LogP contribution in [0.25, 0.3) is 0 Å². The van der Waals surface area contributed by atoms with Crippen LogP contribution in [-0.2, 0) is 4.79 Å². The average molecular weight is 245 g/mol. The zero-order valence-electron chi connectivity index (χ0n) is 9.58. The lowest BCUT2D eigenvalue weighted by Gasteiger charge is -2.24. The van der Waals surface area contributed by atoms with Crippen LogP contribution in [0.5, 0.6) is 0 Å². The van der Waals surface area contributed by atoms with Crippen molar-refractivity contribution in [2.24, 2.45) is 17.8 Å². The van der Waals surface area contributed by atoms with E-state index in [1.807, 2.05) is 0 Å². The highest BCUT2D eigenvalue weighted by atomic mass is 35.5. The summed E-state index contributed by atoms with van der Waals surface area (Å²) in [6.07, 6.45) is 5.96. The van der Waals surface area contributed by atoms with Crippen molar-refractivity contribution >= 4 is 18.3 Å². The second-order valence-electron chi connectivity index (χ2n) is 5.41. The molecule has 4 heteroatoms. The Morgan fingerprint density at radius 3 is 2.50 bits per heavy atom. The summed E-state index contributed by atoms with van der Waals surface area (Å²) in [5.74, 6) is 2.65. The second kappa shape index (κ2) is 4.92. The van der Waals surface area contributed by atoms with Gasteiger partial charge in [-0.1, -0.05) is 19.3 Å². The number of halogens is 1. The standard InChI is InChI=1S/C12H20N2O.ClH/c15-11(5-4-8-2-1-3-8)14-12-9-6-13-7-10(9)12;/h8-10,12-13H,1-7H2,(H,14,15);1H. The summed E-state index contributed by atoms with van der Waals surface area (Å²) in [5, 5.41) is 6.52. The van der Waals surface area contributed by atoms with Gasteiger partial charge in [0.25, 0.3) is 0 Å². The van der Waals surface area contributed by atoms with Gasteiger partial charge < -0.3 is 10.6 Å². The number of carbonyl (C=O) groups excluding carboxylic acids is 1. The third-order valence-electron chi connectivity index (χ3n) is 4.42. The lowest BCUT2D eigenvalue weighted by atomic mass is 9.82. The molecule has 2 N–H and O–H groups in total. The van der Waals surface area contributed by atoms with E-state index in [4.69, 9.17) is 0 Å². The molecule has 1 saturated heterocycles. The first kappa shape index (κ1) is 12.2. The fraction of sp³-hybridized carbons (Fsp3) is 0.917. The van der Waals surface area contributed by atoms with E-state index in [-0.39, 0.29) is 12.4 Å². The maximum Gasteiger partial charge on any atom is 0.220 e. The van der Waals surface area contributed by atoms with Crippen LogP contribution in [-0.4, -0.2) is 25.0 Å². The van der Waals surface area contributed by atoms with Crippen LogP contribution in [0.15, 0.2) is 0 Å². The molecule has 0 radical (unpaired) electrons. The molecule has 3 nitrogen and oxygen atoms in total. The summed E-state index contributed by atoms with van der Waals surface area (Å²) in [4.78, 5) is 11.6. The number of fused-ring (bicyclic) bond motifs is 1. The van der Waals surface area contributed by atoms with Crippen molar-refractivity contribution < 1.29 is 4.79 Å². The number of hydrogen-bond donors (Lipinski definition) is 2. The van der Waals surface area contributed by atoms with Gasteiger partial charge in [0, 0.05) is 25.6 Å². The number of carbonyl (C=O) groups is 1. The van der Waals surface area contributed by atoms with Crippen molar-refractivity contribution in [3.63, 3.8) is 0 Å². The minimum absolute atomic E-state index is 0. The fourth-order valence-corrected chi connectivity index (χ4v) is 3.01. The molecule has 0 bridgehead atoms. The SMILES string of the molecule is Cl.O=C(CCC1CCC1)NC1C2CNCC21. The van der Waals surface area contributed by atoms with Crippen molar-refractivity contribution in [1.82, 2.24) is 10.6 Å². The zero-order valence-corrected chi connectivity index (χ0v) is 10.4. The minimum atomic E-state index is 0. The monoisotopic (exact) mass is 244 g/mol. The Balaban J connectivity index is 0.000000963. The molecule has 2 saturated carbocycles. The number of amides is 1. The quantitative estimate of drug-likeness (QED) is 0.783. The molecule has 3 fully saturated rings. The summed E-state index contributed by atoms with van der Waals surface area (Å²) < 4.78 is 0. The summed E-state index contributed by atoms with van der Waals surface area (Å²) in [5.41, 5.74) is 0. The lowest BCUT2D eigenvalue weighted by Crippen LogP contribution is -2.32. The Morgan fingerprint density at radius 2 is 1.94 bits per heavy atom. The normalized spacial score (nSPS) is 35.9. The molecule has 3 rings (SSSR count). The third kappa shape index (κ3) is 2.35. The van der Waals surface area contributed by atoms with Crippen molar-refractivity contribution in [3.8, 4) is 0 Å². The molecule has 1 heterocycles. The van der Waals surface area contributed by atoms with Crippen LogP contribution >= 0.6 is 12.4 Å². The molecule has 0 aromatic carbocycles. The molecule has 2 atom stereocenters. The van der Waals surface area contributed by atoms with Gasteiger partial charge in [0.2, 0.25) is 5.91 Å². The first-order valence-electron chi connectivity index (χ1n) is 6.34. The zero-order chi connectivity index (χ0) is 10.3. The lowest BCUT2D eigenvalue weighted by molar-refractivity contribution is -0.121. The van der Waals surface area contributed by atoms with Gasteiger partial charge in [-0.3, -0.25) is 4.79 Å². The average Bonchev–Trinajstić information content (AvgIpc) is 2.61.